The minimum atomic E-state index is -0.422. The molecule has 2 unspecified atom stereocenters. The molecule has 2 atom stereocenters. The van der Waals surface area contributed by atoms with Crippen LogP contribution in [0.2, 0.25) is 0 Å². The molecule has 8 nitrogen and oxygen atoms in total. The monoisotopic (exact) mass is 519 g/mol. The number of phenolic OH excluding ortho intramolecular Hbond substituents is 1. The SMILES string of the molecule is COc1cc(C2c3c(-c4c(C)cc(C)cc4O)n[nH]c3C(=O)N2CC2CCCO2)ccc1OCCC(C)C. The number of aromatic hydroxyl groups is 1. The molecule has 2 aliphatic rings. The van der Waals surface area contributed by atoms with Crippen molar-refractivity contribution in [2.75, 3.05) is 26.9 Å². The first-order chi connectivity index (χ1) is 18.3. The van der Waals surface area contributed by atoms with Crippen molar-refractivity contribution >= 4 is 5.91 Å². The number of H-pyrrole nitrogens is 1. The Morgan fingerprint density at radius 2 is 2.03 bits per heavy atom. The largest absolute Gasteiger partial charge is 0.507 e. The molecule has 2 aliphatic heterocycles. The Morgan fingerprint density at radius 3 is 2.71 bits per heavy atom. The number of fused-ring (bicyclic) bond motifs is 1. The number of phenols is 1. The zero-order valence-corrected chi connectivity index (χ0v) is 22.8. The van der Waals surface area contributed by atoms with E-state index in [0.29, 0.717) is 54.1 Å². The summed E-state index contributed by atoms with van der Waals surface area (Å²) in [4.78, 5) is 15.6. The summed E-state index contributed by atoms with van der Waals surface area (Å²) in [7, 11) is 1.63. The van der Waals surface area contributed by atoms with Gasteiger partial charge in [-0.1, -0.05) is 26.0 Å². The lowest BCUT2D eigenvalue weighted by Crippen LogP contribution is -2.36. The van der Waals surface area contributed by atoms with E-state index in [1.165, 1.54) is 0 Å². The van der Waals surface area contributed by atoms with Crippen LogP contribution in [0.15, 0.2) is 30.3 Å². The zero-order valence-electron chi connectivity index (χ0n) is 22.8. The highest BCUT2D eigenvalue weighted by Crippen LogP contribution is 2.47. The predicted molar refractivity (Wildman–Crippen MR) is 145 cm³/mol. The highest BCUT2D eigenvalue weighted by molar-refractivity contribution is 6.00. The topological polar surface area (TPSA) is 96.9 Å². The van der Waals surface area contributed by atoms with Crippen LogP contribution in [-0.4, -0.2) is 59.1 Å². The Morgan fingerprint density at radius 1 is 1.21 bits per heavy atom. The summed E-state index contributed by atoms with van der Waals surface area (Å²) in [5.74, 6) is 1.85. The number of amides is 1. The van der Waals surface area contributed by atoms with Gasteiger partial charge in [0, 0.05) is 24.3 Å². The summed E-state index contributed by atoms with van der Waals surface area (Å²) < 4.78 is 17.7. The summed E-state index contributed by atoms with van der Waals surface area (Å²) in [6.07, 6.45) is 2.83. The van der Waals surface area contributed by atoms with Gasteiger partial charge in [-0.3, -0.25) is 9.89 Å². The van der Waals surface area contributed by atoms with E-state index in [9.17, 15) is 9.90 Å². The van der Waals surface area contributed by atoms with Crippen molar-refractivity contribution in [1.82, 2.24) is 15.1 Å². The van der Waals surface area contributed by atoms with Crippen LogP contribution in [0.4, 0.5) is 0 Å². The van der Waals surface area contributed by atoms with Crippen LogP contribution in [0.1, 0.15) is 71.9 Å². The molecule has 0 aliphatic carbocycles. The maximum absolute atomic E-state index is 13.7. The number of ether oxygens (including phenoxy) is 3. The Kier molecular flexibility index (Phi) is 7.34. The molecule has 38 heavy (non-hydrogen) atoms. The van der Waals surface area contributed by atoms with Gasteiger partial charge in [0.2, 0.25) is 0 Å². The van der Waals surface area contributed by atoms with Crippen molar-refractivity contribution in [2.45, 2.75) is 59.1 Å². The molecule has 0 spiro atoms. The molecule has 0 saturated carbocycles. The predicted octanol–water partition coefficient (Wildman–Crippen LogP) is 5.56. The van der Waals surface area contributed by atoms with Crippen LogP contribution in [-0.2, 0) is 4.74 Å². The average Bonchev–Trinajstić information content (AvgIpc) is 3.59. The van der Waals surface area contributed by atoms with Gasteiger partial charge < -0.3 is 24.2 Å². The molecule has 202 valence electrons. The standard InChI is InChI=1S/C30H37N3O5/c1-17(2)10-12-38-23-9-8-20(15-24(23)36-5)29-26-27(25-19(4)13-18(3)14-22(25)34)31-32-28(26)30(35)33(29)16-21-7-6-11-37-21/h8-9,13-15,17,21,29,34H,6-7,10-12,16H2,1-5H3,(H,31,32). The maximum atomic E-state index is 13.7. The minimum absolute atomic E-state index is 0.0167. The van der Waals surface area contributed by atoms with E-state index in [2.05, 4.69) is 24.0 Å². The Balaban J connectivity index is 1.59. The summed E-state index contributed by atoms with van der Waals surface area (Å²) in [5, 5.41) is 18.5. The Hall–Kier alpha value is -3.52. The summed E-state index contributed by atoms with van der Waals surface area (Å²) >= 11 is 0. The second-order valence-electron chi connectivity index (χ2n) is 10.8. The lowest BCUT2D eigenvalue weighted by Gasteiger charge is -2.29. The van der Waals surface area contributed by atoms with Crippen molar-refractivity contribution < 1.29 is 24.1 Å². The number of aryl methyl sites for hydroxylation is 2. The van der Waals surface area contributed by atoms with E-state index >= 15 is 0 Å². The van der Waals surface area contributed by atoms with Crippen molar-refractivity contribution in [1.29, 1.82) is 0 Å². The van der Waals surface area contributed by atoms with E-state index in [1.807, 2.05) is 43.0 Å². The first kappa shape index (κ1) is 26.1. The van der Waals surface area contributed by atoms with Gasteiger partial charge in [0.15, 0.2) is 11.5 Å². The zero-order chi connectivity index (χ0) is 27.0. The molecule has 2 N–H and O–H groups in total. The van der Waals surface area contributed by atoms with Gasteiger partial charge in [-0.15, -0.1) is 0 Å². The lowest BCUT2D eigenvalue weighted by molar-refractivity contribution is 0.0495. The molecule has 2 aromatic carbocycles. The quantitative estimate of drug-likeness (QED) is 0.384. The van der Waals surface area contributed by atoms with Crippen LogP contribution in [0.3, 0.4) is 0 Å². The molecule has 1 aromatic heterocycles. The van der Waals surface area contributed by atoms with E-state index in [4.69, 9.17) is 14.2 Å². The molecule has 0 bridgehead atoms. The smallest absolute Gasteiger partial charge is 0.273 e. The van der Waals surface area contributed by atoms with Gasteiger partial charge in [-0.25, -0.2) is 0 Å². The van der Waals surface area contributed by atoms with Gasteiger partial charge in [0.25, 0.3) is 5.91 Å². The van der Waals surface area contributed by atoms with Gasteiger partial charge >= 0.3 is 0 Å². The van der Waals surface area contributed by atoms with Crippen LogP contribution in [0.5, 0.6) is 17.2 Å². The van der Waals surface area contributed by atoms with Gasteiger partial charge in [0.05, 0.1) is 25.9 Å². The van der Waals surface area contributed by atoms with Crippen molar-refractivity contribution in [3.05, 3.63) is 58.3 Å². The summed E-state index contributed by atoms with van der Waals surface area (Å²) in [6, 6.07) is 9.16. The Bertz CT molecular complexity index is 1300. The van der Waals surface area contributed by atoms with Gasteiger partial charge in [-0.05, 0) is 73.9 Å². The number of rotatable bonds is 9. The van der Waals surface area contributed by atoms with E-state index in [-0.39, 0.29) is 17.8 Å². The first-order valence-corrected chi connectivity index (χ1v) is 13.4. The van der Waals surface area contributed by atoms with E-state index in [0.717, 1.165) is 41.5 Å². The number of methoxy groups -OCH3 is 1. The second kappa shape index (κ2) is 10.7. The maximum Gasteiger partial charge on any atom is 0.273 e. The minimum Gasteiger partial charge on any atom is -0.507 e. The third-order valence-corrected chi connectivity index (χ3v) is 7.44. The molecule has 5 rings (SSSR count). The number of nitrogens with zero attached hydrogens (tertiary/aromatic N) is 2. The van der Waals surface area contributed by atoms with Gasteiger partial charge in [-0.2, -0.15) is 5.10 Å². The van der Waals surface area contributed by atoms with Crippen LogP contribution in [0.25, 0.3) is 11.3 Å². The molecule has 0 radical (unpaired) electrons. The van der Waals surface area contributed by atoms with Crippen LogP contribution in [0, 0.1) is 19.8 Å². The third-order valence-electron chi connectivity index (χ3n) is 7.44. The Labute approximate surface area is 223 Å². The average molecular weight is 520 g/mol. The molecule has 8 heteroatoms. The number of carbonyl (C=O) groups is 1. The molecule has 1 fully saturated rings. The number of aromatic nitrogens is 2. The number of hydrogen-bond acceptors (Lipinski definition) is 6. The molecule has 1 saturated heterocycles. The van der Waals surface area contributed by atoms with Crippen molar-refractivity contribution in [2.24, 2.45) is 5.92 Å². The number of aromatic amines is 1. The molecular formula is C30H37N3O5. The third kappa shape index (κ3) is 4.85. The van der Waals surface area contributed by atoms with E-state index in [1.54, 1.807) is 13.2 Å². The fourth-order valence-corrected chi connectivity index (χ4v) is 5.56. The fraction of sp³-hybridized carbons (Fsp3) is 0.467. The number of nitrogens with one attached hydrogen (secondary N) is 1. The van der Waals surface area contributed by atoms with Crippen LogP contribution >= 0.6 is 0 Å². The fourth-order valence-electron chi connectivity index (χ4n) is 5.56. The molecule has 3 heterocycles. The first-order valence-electron chi connectivity index (χ1n) is 13.4. The highest BCUT2D eigenvalue weighted by Gasteiger charge is 2.44. The summed E-state index contributed by atoms with van der Waals surface area (Å²) in [5.41, 5.74) is 5.15. The number of benzene rings is 2. The molecule has 3 aromatic rings. The molecular weight excluding hydrogens is 482 g/mol. The lowest BCUT2D eigenvalue weighted by atomic mass is 9.93. The normalized spacial score (nSPS) is 18.9. The van der Waals surface area contributed by atoms with Crippen LogP contribution < -0.4 is 9.47 Å². The summed E-state index contributed by atoms with van der Waals surface area (Å²) in [6.45, 7) is 10.0. The highest BCUT2D eigenvalue weighted by atomic mass is 16.5. The number of hydrogen-bond donors (Lipinski definition) is 2. The molecule has 1 amide bonds. The number of carbonyl (C=O) groups excluding carboxylic acids is 1. The van der Waals surface area contributed by atoms with Crippen molar-refractivity contribution in [3.63, 3.8) is 0 Å². The van der Waals surface area contributed by atoms with Gasteiger partial charge in [0.1, 0.15) is 17.1 Å². The van der Waals surface area contributed by atoms with Crippen molar-refractivity contribution in [3.8, 4) is 28.5 Å². The van der Waals surface area contributed by atoms with E-state index < -0.39 is 6.04 Å². The second-order valence-corrected chi connectivity index (χ2v) is 10.8.